The molecule has 1 atom stereocenters. The maximum Gasteiger partial charge on any atom is 0.194 e. The summed E-state index contributed by atoms with van der Waals surface area (Å²) in [5.41, 5.74) is 1.09. The third kappa shape index (κ3) is 6.40. The highest BCUT2D eigenvalue weighted by Crippen LogP contribution is 2.18. The Labute approximate surface area is 162 Å². The molecule has 2 saturated heterocycles. The van der Waals surface area contributed by atoms with E-state index in [0.29, 0.717) is 18.8 Å². The predicted molar refractivity (Wildman–Crippen MR) is 107 cm³/mol. The number of aliphatic imine (C=N–C) groups is 1. The van der Waals surface area contributed by atoms with Gasteiger partial charge < -0.3 is 24.8 Å². The molecule has 1 aromatic rings. The summed E-state index contributed by atoms with van der Waals surface area (Å²) < 4.78 is 11.9. The zero-order valence-electron chi connectivity index (χ0n) is 16.4. The molecule has 0 bridgehead atoms. The maximum atomic E-state index is 9.40. The van der Waals surface area contributed by atoms with Crippen LogP contribution in [-0.2, 0) is 16.0 Å². The Morgan fingerprint density at radius 2 is 2.00 bits per heavy atom. The zero-order valence-corrected chi connectivity index (χ0v) is 16.4. The van der Waals surface area contributed by atoms with Crippen LogP contribution in [0, 0.1) is 0 Å². The summed E-state index contributed by atoms with van der Waals surface area (Å²) in [7, 11) is 0. The van der Waals surface area contributed by atoms with Gasteiger partial charge in [-0.05, 0) is 56.7 Å². The first-order valence-electron chi connectivity index (χ1n) is 10.3. The molecule has 6 heteroatoms. The lowest BCUT2D eigenvalue weighted by molar-refractivity contribution is -0.0721. The predicted octanol–water partition coefficient (Wildman–Crippen LogP) is 2.91. The number of piperidine rings is 1. The number of phenols is 1. The normalized spacial score (nSPS) is 22.0. The summed E-state index contributed by atoms with van der Waals surface area (Å²) in [6, 6.07) is 7.24. The van der Waals surface area contributed by atoms with E-state index in [0.717, 1.165) is 63.6 Å². The smallest absolute Gasteiger partial charge is 0.194 e. The number of hydrogen-bond acceptors (Lipinski definition) is 4. The van der Waals surface area contributed by atoms with Crippen LogP contribution in [0.4, 0.5) is 0 Å². The fourth-order valence-electron chi connectivity index (χ4n) is 3.61. The lowest BCUT2D eigenvalue weighted by Crippen LogP contribution is -2.47. The third-order valence-corrected chi connectivity index (χ3v) is 5.22. The van der Waals surface area contributed by atoms with Gasteiger partial charge >= 0.3 is 0 Å². The molecular weight excluding hydrogens is 342 g/mol. The summed E-state index contributed by atoms with van der Waals surface area (Å²) in [5, 5.41) is 12.8. The van der Waals surface area contributed by atoms with Crippen molar-refractivity contribution >= 4 is 5.96 Å². The van der Waals surface area contributed by atoms with E-state index in [9.17, 15) is 5.11 Å². The second kappa shape index (κ2) is 10.5. The molecule has 0 spiro atoms. The van der Waals surface area contributed by atoms with Crippen LogP contribution in [0.2, 0.25) is 0 Å². The van der Waals surface area contributed by atoms with Crippen molar-refractivity contribution in [2.75, 3.05) is 32.8 Å². The summed E-state index contributed by atoms with van der Waals surface area (Å²) in [5.74, 6) is 1.25. The van der Waals surface area contributed by atoms with E-state index in [1.54, 1.807) is 12.1 Å². The van der Waals surface area contributed by atoms with E-state index < -0.39 is 0 Å². The van der Waals surface area contributed by atoms with Gasteiger partial charge in [-0.25, -0.2) is 4.99 Å². The van der Waals surface area contributed by atoms with Crippen molar-refractivity contribution in [2.24, 2.45) is 4.99 Å². The van der Waals surface area contributed by atoms with E-state index >= 15 is 0 Å². The molecule has 0 amide bonds. The van der Waals surface area contributed by atoms with Gasteiger partial charge in [-0.2, -0.15) is 0 Å². The van der Waals surface area contributed by atoms with Gasteiger partial charge in [-0.15, -0.1) is 0 Å². The molecule has 2 fully saturated rings. The van der Waals surface area contributed by atoms with Gasteiger partial charge in [-0.1, -0.05) is 12.1 Å². The lowest BCUT2D eigenvalue weighted by Gasteiger charge is -2.35. The number of benzene rings is 1. The van der Waals surface area contributed by atoms with Crippen molar-refractivity contribution < 1.29 is 14.6 Å². The van der Waals surface area contributed by atoms with Gasteiger partial charge in [-0.3, -0.25) is 0 Å². The number of nitrogens with zero attached hydrogens (tertiary/aromatic N) is 2. The van der Waals surface area contributed by atoms with Gasteiger partial charge in [0.2, 0.25) is 0 Å². The van der Waals surface area contributed by atoms with E-state index in [1.165, 1.54) is 12.8 Å². The Morgan fingerprint density at radius 3 is 2.67 bits per heavy atom. The fraction of sp³-hybridized carbons (Fsp3) is 0.667. The summed E-state index contributed by atoms with van der Waals surface area (Å²) in [4.78, 5) is 7.09. The fourth-order valence-corrected chi connectivity index (χ4v) is 3.61. The lowest BCUT2D eigenvalue weighted by atomic mass is 10.1. The van der Waals surface area contributed by atoms with Gasteiger partial charge in [0, 0.05) is 26.2 Å². The van der Waals surface area contributed by atoms with Crippen molar-refractivity contribution in [3.8, 4) is 5.75 Å². The topological polar surface area (TPSA) is 66.3 Å². The Hall–Kier alpha value is -1.79. The molecule has 0 aliphatic carbocycles. The minimum atomic E-state index is 0.287. The second-order valence-electron chi connectivity index (χ2n) is 7.34. The number of ether oxygens (including phenoxy) is 2. The maximum absolute atomic E-state index is 9.40. The molecule has 2 N–H and O–H groups in total. The summed E-state index contributed by atoms with van der Waals surface area (Å²) >= 11 is 0. The van der Waals surface area contributed by atoms with E-state index in [2.05, 4.69) is 17.1 Å². The van der Waals surface area contributed by atoms with Gasteiger partial charge in [0.15, 0.2) is 5.96 Å². The standard InChI is InChI=1S/C21H33N3O3/c1-2-22-21(23-15-17-6-8-18(25)9-7-17)24-12-10-19(11-13-24)27-16-20-5-3-4-14-26-20/h6-9,19-20,25H,2-5,10-16H2,1H3,(H,22,23). The number of hydrogen-bond donors (Lipinski definition) is 2. The highest BCUT2D eigenvalue weighted by molar-refractivity contribution is 5.80. The number of nitrogens with one attached hydrogen (secondary N) is 1. The van der Waals surface area contributed by atoms with Crippen molar-refractivity contribution in [3.05, 3.63) is 29.8 Å². The minimum Gasteiger partial charge on any atom is -0.508 e. The number of phenolic OH excluding ortho intramolecular Hbond substituents is 1. The largest absolute Gasteiger partial charge is 0.508 e. The van der Waals surface area contributed by atoms with Crippen LogP contribution in [-0.4, -0.2) is 61.0 Å². The Bertz CT molecular complexity index is 577. The van der Waals surface area contributed by atoms with Crippen molar-refractivity contribution in [1.29, 1.82) is 0 Å². The second-order valence-corrected chi connectivity index (χ2v) is 7.34. The molecule has 6 nitrogen and oxygen atoms in total. The van der Waals surface area contributed by atoms with Crippen molar-refractivity contribution in [3.63, 3.8) is 0 Å². The van der Waals surface area contributed by atoms with Gasteiger partial charge in [0.25, 0.3) is 0 Å². The van der Waals surface area contributed by atoms with Crippen LogP contribution in [0.25, 0.3) is 0 Å². The SMILES string of the molecule is CCNC(=NCc1ccc(O)cc1)N1CCC(OCC2CCCCO2)CC1. The van der Waals surface area contributed by atoms with Crippen LogP contribution in [0.5, 0.6) is 5.75 Å². The van der Waals surface area contributed by atoms with Crippen LogP contribution in [0.15, 0.2) is 29.3 Å². The Balaban J connectivity index is 1.46. The van der Waals surface area contributed by atoms with E-state index in [-0.39, 0.29) is 5.75 Å². The van der Waals surface area contributed by atoms with Gasteiger partial charge in [0.05, 0.1) is 25.4 Å². The molecule has 0 radical (unpaired) electrons. The summed E-state index contributed by atoms with van der Waals surface area (Å²) in [6.45, 7) is 7.09. The molecule has 2 aliphatic heterocycles. The Morgan fingerprint density at radius 1 is 1.22 bits per heavy atom. The molecule has 150 valence electrons. The zero-order chi connectivity index (χ0) is 18.9. The number of likely N-dealkylation sites (tertiary alicyclic amines) is 1. The number of guanidine groups is 1. The van der Waals surface area contributed by atoms with Crippen LogP contribution in [0.1, 0.15) is 44.6 Å². The van der Waals surface area contributed by atoms with Crippen molar-refractivity contribution in [2.45, 2.75) is 57.8 Å². The quantitative estimate of drug-likeness (QED) is 0.591. The molecule has 0 saturated carbocycles. The molecule has 2 heterocycles. The minimum absolute atomic E-state index is 0.287. The molecule has 2 aliphatic rings. The average Bonchev–Trinajstić information content (AvgIpc) is 2.72. The molecule has 1 unspecified atom stereocenters. The number of rotatable bonds is 6. The van der Waals surface area contributed by atoms with E-state index in [1.807, 2.05) is 12.1 Å². The first kappa shape index (κ1) is 20.0. The van der Waals surface area contributed by atoms with Crippen molar-refractivity contribution in [1.82, 2.24) is 10.2 Å². The molecule has 3 rings (SSSR count). The molecule has 0 aromatic heterocycles. The highest BCUT2D eigenvalue weighted by Gasteiger charge is 2.23. The molecule has 27 heavy (non-hydrogen) atoms. The van der Waals surface area contributed by atoms with E-state index in [4.69, 9.17) is 14.5 Å². The first-order chi connectivity index (χ1) is 13.2. The van der Waals surface area contributed by atoms with Crippen LogP contribution >= 0.6 is 0 Å². The molecule has 1 aromatic carbocycles. The monoisotopic (exact) mass is 375 g/mol. The summed E-state index contributed by atoms with van der Waals surface area (Å²) in [6.07, 6.45) is 6.24. The molecular formula is C21H33N3O3. The van der Waals surface area contributed by atoms with Crippen LogP contribution in [0.3, 0.4) is 0 Å². The third-order valence-electron chi connectivity index (χ3n) is 5.22. The van der Waals surface area contributed by atoms with Crippen LogP contribution < -0.4 is 5.32 Å². The first-order valence-corrected chi connectivity index (χ1v) is 10.3. The average molecular weight is 376 g/mol. The highest BCUT2D eigenvalue weighted by atomic mass is 16.5. The Kier molecular flexibility index (Phi) is 7.78. The number of aromatic hydroxyl groups is 1. The van der Waals surface area contributed by atoms with Gasteiger partial charge in [0.1, 0.15) is 5.75 Å².